The van der Waals surface area contributed by atoms with E-state index >= 15 is 0 Å². The molecule has 0 spiro atoms. The van der Waals surface area contributed by atoms with Crippen molar-refractivity contribution in [3.8, 4) is 0 Å². The van der Waals surface area contributed by atoms with Crippen LogP contribution in [-0.2, 0) is 16.1 Å². The van der Waals surface area contributed by atoms with E-state index in [0.29, 0.717) is 30.0 Å². The van der Waals surface area contributed by atoms with E-state index in [0.717, 1.165) is 17.5 Å². The SMILES string of the molecule is CCCN1C(=O)N[C@H](c2ccc(NC(=O)NCc3ccccc3)cc2)C(C(=O)OCC)=C1C. The summed E-state index contributed by atoms with van der Waals surface area (Å²) in [6.07, 6.45) is 0.762. The number of carbonyl (C=O) groups excluding carboxylic acids is 3. The van der Waals surface area contributed by atoms with Gasteiger partial charge in [0.25, 0.3) is 0 Å². The second kappa shape index (κ2) is 11.2. The summed E-state index contributed by atoms with van der Waals surface area (Å²) in [6.45, 7) is 6.65. The Balaban J connectivity index is 1.74. The number of carbonyl (C=O) groups is 3. The minimum atomic E-state index is -0.634. The predicted molar refractivity (Wildman–Crippen MR) is 126 cm³/mol. The summed E-state index contributed by atoms with van der Waals surface area (Å²) in [5.74, 6) is -0.455. The monoisotopic (exact) mass is 450 g/mol. The van der Waals surface area contributed by atoms with Crippen LogP contribution in [0.25, 0.3) is 0 Å². The van der Waals surface area contributed by atoms with Crippen LogP contribution in [0, 0.1) is 0 Å². The highest BCUT2D eigenvalue weighted by Crippen LogP contribution is 2.32. The Morgan fingerprint density at radius 2 is 1.76 bits per heavy atom. The molecule has 8 heteroatoms. The van der Waals surface area contributed by atoms with Gasteiger partial charge in [-0.05, 0) is 43.5 Å². The highest BCUT2D eigenvalue weighted by molar-refractivity contribution is 5.95. The molecule has 8 nitrogen and oxygen atoms in total. The number of esters is 1. The van der Waals surface area contributed by atoms with Crippen LogP contribution in [-0.4, -0.2) is 36.1 Å². The van der Waals surface area contributed by atoms with Gasteiger partial charge < -0.3 is 20.7 Å². The zero-order chi connectivity index (χ0) is 23.8. The molecule has 2 aromatic carbocycles. The van der Waals surface area contributed by atoms with E-state index in [9.17, 15) is 14.4 Å². The second-order valence-corrected chi connectivity index (χ2v) is 7.67. The topological polar surface area (TPSA) is 99.8 Å². The molecule has 0 aromatic heterocycles. The van der Waals surface area contributed by atoms with Crippen molar-refractivity contribution in [1.82, 2.24) is 15.5 Å². The van der Waals surface area contributed by atoms with Gasteiger partial charge in [-0.15, -0.1) is 0 Å². The molecule has 4 amide bonds. The molecule has 33 heavy (non-hydrogen) atoms. The molecule has 0 unspecified atom stereocenters. The molecule has 1 heterocycles. The Morgan fingerprint density at radius 3 is 2.39 bits per heavy atom. The summed E-state index contributed by atoms with van der Waals surface area (Å²) in [4.78, 5) is 39.2. The largest absolute Gasteiger partial charge is 0.463 e. The van der Waals surface area contributed by atoms with E-state index in [2.05, 4.69) is 16.0 Å². The van der Waals surface area contributed by atoms with E-state index in [1.807, 2.05) is 37.3 Å². The minimum absolute atomic E-state index is 0.241. The Labute approximate surface area is 194 Å². The summed E-state index contributed by atoms with van der Waals surface area (Å²) < 4.78 is 5.26. The lowest BCUT2D eigenvalue weighted by Crippen LogP contribution is -2.48. The zero-order valence-corrected chi connectivity index (χ0v) is 19.2. The van der Waals surface area contributed by atoms with Crippen LogP contribution < -0.4 is 16.0 Å². The van der Waals surface area contributed by atoms with E-state index in [-0.39, 0.29) is 18.7 Å². The molecule has 0 bridgehead atoms. The van der Waals surface area contributed by atoms with Crippen molar-refractivity contribution in [2.45, 2.75) is 39.8 Å². The van der Waals surface area contributed by atoms with E-state index in [1.165, 1.54) is 0 Å². The van der Waals surface area contributed by atoms with E-state index < -0.39 is 12.0 Å². The third kappa shape index (κ3) is 5.91. The molecular formula is C25H30N4O4. The quantitative estimate of drug-likeness (QED) is 0.522. The maximum atomic E-state index is 12.7. The first-order chi connectivity index (χ1) is 15.9. The second-order valence-electron chi connectivity index (χ2n) is 7.67. The van der Waals surface area contributed by atoms with E-state index in [4.69, 9.17) is 4.74 Å². The van der Waals surface area contributed by atoms with Gasteiger partial charge in [0.15, 0.2) is 0 Å². The lowest BCUT2D eigenvalue weighted by Gasteiger charge is -2.35. The van der Waals surface area contributed by atoms with Crippen molar-refractivity contribution >= 4 is 23.7 Å². The molecule has 1 aliphatic rings. The van der Waals surface area contributed by atoms with Gasteiger partial charge in [0.2, 0.25) is 0 Å². The average molecular weight is 451 g/mol. The molecule has 3 rings (SSSR count). The van der Waals surface area contributed by atoms with Crippen molar-refractivity contribution in [2.24, 2.45) is 0 Å². The summed E-state index contributed by atoms with van der Waals surface area (Å²) in [7, 11) is 0. The standard InChI is InChI=1S/C25H30N4O4/c1-4-15-29-17(3)21(23(30)33-5-2)22(28-25(29)32)19-11-13-20(14-12-19)27-24(31)26-16-18-9-7-6-8-10-18/h6-14,22H,4-5,15-16H2,1-3H3,(H,28,32)(H2,26,27,31)/t22-/m1/s1. The number of nitrogens with zero attached hydrogens (tertiary/aromatic N) is 1. The number of anilines is 1. The Morgan fingerprint density at radius 1 is 1.06 bits per heavy atom. The summed E-state index contributed by atoms with van der Waals surface area (Å²) >= 11 is 0. The molecule has 0 saturated heterocycles. The molecule has 1 atom stereocenters. The maximum absolute atomic E-state index is 12.7. The fraction of sp³-hybridized carbons (Fsp3) is 0.320. The summed E-state index contributed by atoms with van der Waals surface area (Å²) in [5.41, 5.74) is 3.31. The molecule has 3 N–H and O–H groups in total. The van der Waals surface area contributed by atoms with Crippen LogP contribution in [0.15, 0.2) is 65.9 Å². The summed E-state index contributed by atoms with van der Waals surface area (Å²) in [6, 6.07) is 15.4. The number of allylic oxidation sites excluding steroid dienone is 1. The number of hydrogen-bond acceptors (Lipinski definition) is 4. The third-order valence-electron chi connectivity index (χ3n) is 5.34. The van der Waals surface area contributed by atoms with Gasteiger partial charge in [0.05, 0.1) is 18.2 Å². The molecule has 2 aromatic rings. The van der Waals surface area contributed by atoms with E-state index in [1.54, 1.807) is 43.0 Å². The van der Waals surface area contributed by atoms with Gasteiger partial charge in [-0.3, -0.25) is 4.90 Å². The van der Waals surface area contributed by atoms with Gasteiger partial charge >= 0.3 is 18.0 Å². The summed E-state index contributed by atoms with van der Waals surface area (Å²) in [5, 5.41) is 8.51. The molecule has 0 saturated carbocycles. The fourth-order valence-corrected chi connectivity index (χ4v) is 3.71. The molecule has 0 aliphatic carbocycles. The van der Waals surface area contributed by atoms with Gasteiger partial charge in [-0.25, -0.2) is 14.4 Å². The first-order valence-electron chi connectivity index (χ1n) is 11.1. The molecule has 1 aliphatic heterocycles. The predicted octanol–water partition coefficient (Wildman–Crippen LogP) is 4.32. The van der Waals surface area contributed by atoms with Crippen molar-refractivity contribution < 1.29 is 19.1 Å². The fourth-order valence-electron chi connectivity index (χ4n) is 3.71. The number of hydrogen-bond donors (Lipinski definition) is 3. The normalized spacial score (nSPS) is 15.7. The number of ether oxygens (including phenoxy) is 1. The first-order valence-corrected chi connectivity index (χ1v) is 11.1. The Hall–Kier alpha value is -3.81. The smallest absolute Gasteiger partial charge is 0.338 e. The molecule has 0 fully saturated rings. The molecule has 0 radical (unpaired) electrons. The Kier molecular flexibility index (Phi) is 8.07. The number of nitrogens with one attached hydrogen (secondary N) is 3. The highest BCUT2D eigenvalue weighted by atomic mass is 16.5. The zero-order valence-electron chi connectivity index (χ0n) is 19.2. The number of amides is 4. The Bertz CT molecular complexity index is 1020. The lowest BCUT2D eigenvalue weighted by atomic mass is 9.94. The van der Waals surface area contributed by atoms with Crippen LogP contribution in [0.3, 0.4) is 0 Å². The number of rotatable bonds is 8. The highest BCUT2D eigenvalue weighted by Gasteiger charge is 2.36. The van der Waals surface area contributed by atoms with Gasteiger partial charge in [0.1, 0.15) is 0 Å². The van der Waals surface area contributed by atoms with Crippen LogP contribution in [0.4, 0.5) is 15.3 Å². The van der Waals surface area contributed by atoms with Crippen molar-refractivity contribution in [1.29, 1.82) is 0 Å². The maximum Gasteiger partial charge on any atom is 0.338 e. The average Bonchev–Trinajstić information content (AvgIpc) is 2.81. The van der Waals surface area contributed by atoms with Gasteiger partial charge in [-0.2, -0.15) is 0 Å². The minimum Gasteiger partial charge on any atom is -0.463 e. The third-order valence-corrected chi connectivity index (χ3v) is 5.34. The van der Waals surface area contributed by atoms with Gasteiger partial charge in [0, 0.05) is 24.5 Å². The van der Waals surface area contributed by atoms with Crippen LogP contribution in [0.5, 0.6) is 0 Å². The molecule has 174 valence electrons. The molecular weight excluding hydrogens is 420 g/mol. The number of urea groups is 2. The van der Waals surface area contributed by atoms with Crippen LogP contribution in [0.1, 0.15) is 44.4 Å². The van der Waals surface area contributed by atoms with Crippen molar-refractivity contribution in [2.75, 3.05) is 18.5 Å². The number of benzene rings is 2. The first kappa shape index (κ1) is 23.8. The van der Waals surface area contributed by atoms with Crippen molar-refractivity contribution in [3.63, 3.8) is 0 Å². The lowest BCUT2D eigenvalue weighted by molar-refractivity contribution is -0.139. The van der Waals surface area contributed by atoms with Gasteiger partial charge in [-0.1, -0.05) is 49.4 Å². The van der Waals surface area contributed by atoms with Crippen LogP contribution >= 0.6 is 0 Å². The van der Waals surface area contributed by atoms with Crippen LogP contribution in [0.2, 0.25) is 0 Å². The van der Waals surface area contributed by atoms with Crippen molar-refractivity contribution in [3.05, 3.63) is 77.0 Å².